The van der Waals surface area contributed by atoms with Crippen LogP contribution in [0.3, 0.4) is 0 Å². The van der Waals surface area contributed by atoms with Crippen molar-refractivity contribution < 1.29 is 19.8 Å². The highest BCUT2D eigenvalue weighted by Crippen LogP contribution is 2.14. The van der Waals surface area contributed by atoms with Crippen LogP contribution in [-0.4, -0.2) is 42.4 Å². The van der Waals surface area contributed by atoms with E-state index in [-0.39, 0.29) is 12.8 Å². The van der Waals surface area contributed by atoms with Crippen LogP contribution < -0.4 is 0 Å². The van der Waals surface area contributed by atoms with Crippen LogP contribution in [0.25, 0.3) is 0 Å². The first-order valence-electron chi connectivity index (χ1n) is 4.72. The first-order valence-corrected chi connectivity index (χ1v) is 4.72. The molecular weight excluding hydrogens is 216 g/mol. The van der Waals surface area contributed by atoms with Gasteiger partial charge >= 0.3 is 11.9 Å². The fourth-order valence-corrected chi connectivity index (χ4v) is 1.37. The van der Waals surface area contributed by atoms with Gasteiger partial charge < -0.3 is 10.2 Å². The quantitative estimate of drug-likeness (QED) is 0.653. The van der Waals surface area contributed by atoms with E-state index in [1.165, 1.54) is 11.0 Å². The molecule has 0 saturated heterocycles. The summed E-state index contributed by atoms with van der Waals surface area (Å²) in [5.41, 5.74) is 0. The molecular formula is C8H12N4O4. The Labute approximate surface area is 90.9 Å². The highest BCUT2D eigenvalue weighted by atomic mass is 16.4. The third-order valence-corrected chi connectivity index (χ3v) is 2.08. The van der Waals surface area contributed by atoms with Crippen LogP contribution in [0.5, 0.6) is 0 Å². The first-order chi connectivity index (χ1) is 7.58. The van der Waals surface area contributed by atoms with Gasteiger partial charge in [-0.3, -0.25) is 9.59 Å². The van der Waals surface area contributed by atoms with Crippen molar-refractivity contribution in [2.75, 3.05) is 0 Å². The van der Waals surface area contributed by atoms with Crippen LogP contribution in [0.1, 0.15) is 19.3 Å². The highest BCUT2D eigenvalue weighted by Gasteiger charge is 2.17. The van der Waals surface area contributed by atoms with Gasteiger partial charge in [0.1, 0.15) is 6.33 Å². The molecule has 1 aromatic rings. The molecule has 0 aromatic carbocycles. The number of aliphatic carboxylic acids is 2. The maximum absolute atomic E-state index is 10.5. The predicted molar refractivity (Wildman–Crippen MR) is 50.4 cm³/mol. The largest absolute Gasteiger partial charge is 0.481 e. The van der Waals surface area contributed by atoms with E-state index in [2.05, 4.69) is 15.5 Å². The van der Waals surface area contributed by atoms with E-state index < -0.39 is 17.9 Å². The van der Waals surface area contributed by atoms with Gasteiger partial charge in [0.25, 0.3) is 0 Å². The van der Waals surface area contributed by atoms with E-state index in [1.54, 1.807) is 0 Å². The normalized spacial score (nSPS) is 10.6. The molecule has 0 atom stereocenters. The molecule has 0 saturated carbocycles. The van der Waals surface area contributed by atoms with Gasteiger partial charge in [0.05, 0.1) is 0 Å². The van der Waals surface area contributed by atoms with E-state index >= 15 is 0 Å². The molecule has 0 bridgehead atoms. The molecule has 0 aliphatic heterocycles. The summed E-state index contributed by atoms with van der Waals surface area (Å²) in [6.45, 7) is 0.415. The van der Waals surface area contributed by atoms with Crippen LogP contribution in [0.2, 0.25) is 0 Å². The molecule has 0 radical (unpaired) electrons. The minimum Gasteiger partial charge on any atom is -0.481 e. The lowest BCUT2D eigenvalue weighted by molar-refractivity contribution is -0.140. The molecule has 8 heteroatoms. The van der Waals surface area contributed by atoms with Crippen molar-refractivity contribution in [2.45, 2.75) is 25.8 Å². The van der Waals surface area contributed by atoms with Crippen LogP contribution in [0.4, 0.5) is 0 Å². The number of aromatic nitrogens is 4. The topological polar surface area (TPSA) is 118 Å². The van der Waals surface area contributed by atoms with Crippen molar-refractivity contribution in [1.82, 2.24) is 20.2 Å². The molecule has 0 amide bonds. The molecule has 0 aliphatic carbocycles. The summed E-state index contributed by atoms with van der Waals surface area (Å²) < 4.78 is 1.44. The van der Waals surface area contributed by atoms with E-state index in [0.717, 1.165) is 0 Å². The number of nitrogens with zero attached hydrogens (tertiary/aromatic N) is 4. The highest BCUT2D eigenvalue weighted by molar-refractivity contribution is 5.70. The molecule has 88 valence electrons. The predicted octanol–water partition coefficient (Wildman–Crippen LogP) is -0.371. The molecule has 2 N–H and O–H groups in total. The van der Waals surface area contributed by atoms with Gasteiger partial charge in [-0.25, -0.2) is 4.68 Å². The molecule has 1 heterocycles. The number of rotatable bonds is 7. The van der Waals surface area contributed by atoms with Crippen LogP contribution in [0, 0.1) is 5.92 Å². The number of hydrogen-bond acceptors (Lipinski definition) is 5. The van der Waals surface area contributed by atoms with Gasteiger partial charge in [-0.1, -0.05) is 0 Å². The summed E-state index contributed by atoms with van der Waals surface area (Å²) in [4.78, 5) is 21.0. The summed E-state index contributed by atoms with van der Waals surface area (Å²) in [6.07, 6.45) is 1.51. The fourth-order valence-electron chi connectivity index (χ4n) is 1.37. The molecule has 16 heavy (non-hydrogen) atoms. The number of carbonyl (C=O) groups is 2. The summed E-state index contributed by atoms with van der Waals surface area (Å²) in [6, 6.07) is 0. The Morgan fingerprint density at radius 2 is 1.88 bits per heavy atom. The summed E-state index contributed by atoms with van der Waals surface area (Å²) in [5, 5.41) is 27.7. The standard InChI is InChI=1S/C8H12N4O4/c13-7(14)3-6(4-8(15)16)1-2-12-5-9-10-11-12/h5-6H,1-4H2,(H,13,14)(H,15,16). The third-order valence-electron chi connectivity index (χ3n) is 2.08. The van der Waals surface area contributed by atoms with E-state index in [1.807, 2.05) is 0 Å². The van der Waals surface area contributed by atoms with Crippen molar-refractivity contribution in [3.63, 3.8) is 0 Å². The third kappa shape index (κ3) is 4.49. The lowest BCUT2D eigenvalue weighted by Crippen LogP contribution is -2.15. The van der Waals surface area contributed by atoms with Gasteiger partial charge in [0.2, 0.25) is 0 Å². The van der Waals surface area contributed by atoms with Crippen molar-refractivity contribution in [1.29, 1.82) is 0 Å². The number of tetrazole rings is 1. The van der Waals surface area contributed by atoms with Gasteiger partial charge in [0, 0.05) is 19.4 Å². The zero-order valence-electron chi connectivity index (χ0n) is 8.48. The first kappa shape index (κ1) is 12.1. The number of aryl methyl sites for hydroxylation is 1. The maximum Gasteiger partial charge on any atom is 0.303 e. The second kappa shape index (κ2) is 5.79. The molecule has 0 spiro atoms. The maximum atomic E-state index is 10.5. The Kier molecular flexibility index (Phi) is 4.37. The molecule has 0 aliphatic rings. The smallest absolute Gasteiger partial charge is 0.303 e. The molecule has 8 nitrogen and oxygen atoms in total. The molecule has 0 unspecified atom stereocenters. The van der Waals surface area contributed by atoms with Crippen molar-refractivity contribution in [3.05, 3.63) is 6.33 Å². The van der Waals surface area contributed by atoms with E-state index in [4.69, 9.17) is 10.2 Å². The fraction of sp³-hybridized carbons (Fsp3) is 0.625. The van der Waals surface area contributed by atoms with E-state index in [0.29, 0.717) is 13.0 Å². The molecule has 0 fully saturated rings. The average Bonchev–Trinajstić information content (AvgIpc) is 2.64. The van der Waals surface area contributed by atoms with E-state index in [9.17, 15) is 9.59 Å². The summed E-state index contributed by atoms with van der Waals surface area (Å²) in [7, 11) is 0. The van der Waals surface area contributed by atoms with Crippen molar-refractivity contribution >= 4 is 11.9 Å². The lowest BCUT2D eigenvalue weighted by atomic mass is 9.98. The average molecular weight is 228 g/mol. The minimum atomic E-state index is -0.997. The van der Waals surface area contributed by atoms with Gasteiger partial charge in [-0.2, -0.15) is 0 Å². The van der Waals surface area contributed by atoms with Crippen LogP contribution in [-0.2, 0) is 16.1 Å². The van der Waals surface area contributed by atoms with Crippen molar-refractivity contribution in [2.24, 2.45) is 5.92 Å². The van der Waals surface area contributed by atoms with Gasteiger partial charge in [-0.05, 0) is 22.8 Å². The van der Waals surface area contributed by atoms with Gasteiger partial charge in [0.15, 0.2) is 0 Å². The number of carboxylic acid groups (broad SMARTS) is 2. The SMILES string of the molecule is O=C(O)CC(CCn1cnnn1)CC(=O)O. The zero-order chi connectivity index (χ0) is 12.0. The Balaban J connectivity index is 2.43. The Morgan fingerprint density at radius 1 is 1.25 bits per heavy atom. The monoisotopic (exact) mass is 228 g/mol. The lowest BCUT2D eigenvalue weighted by Gasteiger charge is -2.11. The molecule has 1 aromatic heterocycles. The second-order valence-electron chi connectivity index (χ2n) is 3.42. The van der Waals surface area contributed by atoms with Crippen LogP contribution >= 0.6 is 0 Å². The Morgan fingerprint density at radius 3 is 2.31 bits per heavy atom. The van der Waals surface area contributed by atoms with Gasteiger partial charge in [-0.15, -0.1) is 5.10 Å². The van der Waals surface area contributed by atoms with Crippen LogP contribution in [0.15, 0.2) is 6.33 Å². The number of carboxylic acids is 2. The Hall–Kier alpha value is -1.99. The minimum absolute atomic E-state index is 0.158. The Bertz CT molecular complexity index is 335. The number of hydrogen-bond donors (Lipinski definition) is 2. The molecule has 1 rings (SSSR count). The zero-order valence-corrected chi connectivity index (χ0v) is 8.48. The summed E-state index contributed by atoms with van der Waals surface area (Å²) in [5.74, 6) is -2.40. The van der Waals surface area contributed by atoms with Crippen molar-refractivity contribution in [3.8, 4) is 0 Å². The second-order valence-corrected chi connectivity index (χ2v) is 3.42. The summed E-state index contributed by atoms with van der Waals surface area (Å²) >= 11 is 0.